The van der Waals surface area contributed by atoms with Crippen molar-refractivity contribution in [1.82, 2.24) is 0 Å². The summed E-state index contributed by atoms with van der Waals surface area (Å²) in [5.41, 5.74) is 0.704. The van der Waals surface area contributed by atoms with Crippen molar-refractivity contribution in [3.8, 4) is 5.75 Å². The van der Waals surface area contributed by atoms with E-state index in [0.29, 0.717) is 17.4 Å². The number of rotatable bonds is 2. The predicted octanol–water partition coefficient (Wildman–Crippen LogP) is 1.58. The summed E-state index contributed by atoms with van der Waals surface area (Å²) in [7, 11) is 0. The largest absolute Gasteiger partial charge is 0.508 e. The molecule has 0 heterocycles. The van der Waals surface area contributed by atoms with E-state index in [9.17, 15) is 14.3 Å². The third-order valence-electron chi connectivity index (χ3n) is 1.66. The molecule has 64 valence electrons. The Kier molecular flexibility index (Phi) is 2.43. The number of benzene rings is 1. The number of aldehydes is 1. The zero-order valence-electron chi connectivity index (χ0n) is 6.67. The lowest BCUT2D eigenvalue weighted by Gasteiger charge is -2.02. The molecule has 1 rings (SSSR count). The highest BCUT2D eigenvalue weighted by Gasteiger charge is 2.05. The molecule has 0 unspecified atom stereocenters. The van der Waals surface area contributed by atoms with Crippen LogP contribution in [0.4, 0.5) is 4.39 Å². The molecule has 1 aromatic rings. The molecular formula is C9H9FO2. The van der Waals surface area contributed by atoms with Crippen molar-refractivity contribution in [2.24, 2.45) is 0 Å². The molecule has 0 aliphatic carbocycles. The van der Waals surface area contributed by atoms with E-state index in [2.05, 4.69) is 0 Å². The van der Waals surface area contributed by atoms with Gasteiger partial charge in [0, 0.05) is 12.0 Å². The monoisotopic (exact) mass is 168 g/mol. The second-order valence-corrected chi connectivity index (χ2v) is 2.60. The number of aryl methyl sites for hydroxylation is 1. The summed E-state index contributed by atoms with van der Waals surface area (Å²) in [6, 6.07) is 2.49. The standard InChI is InChI=1S/C9H9FO2/c1-6-4-9(12)7(2-3-11)5-8(6)10/h3-5,12H,2H2,1H3. The molecule has 0 fully saturated rings. The topological polar surface area (TPSA) is 37.3 Å². The Morgan fingerprint density at radius 2 is 2.25 bits per heavy atom. The van der Waals surface area contributed by atoms with Gasteiger partial charge in [0.2, 0.25) is 0 Å². The van der Waals surface area contributed by atoms with Gasteiger partial charge in [-0.2, -0.15) is 0 Å². The average molecular weight is 168 g/mol. The number of carbonyl (C=O) groups excluding carboxylic acids is 1. The van der Waals surface area contributed by atoms with Gasteiger partial charge in [-0.1, -0.05) is 0 Å². The second-order valence-electron chi connectivity index (χ2n) is 2.60. The van der Waals surface area contributed by atoms with E-state index in [0.717, 1.165) is 0 Å². The third-order valence-corrected chi connectivity index (χ3v) is 1.66. The second kappa shape index (κ2) is 3.34. The van der Waals surface area contributed by atoms with Gasteiger partial charge in [0.1, 0.15) is 17.9 Å². The van der Waals surface area contributed by atoms with Crippen LogP contribution >= 0.6 is 0 Å². The Hall–Kier alpha value is -1.38. The number of hydrogen-bond acceptors (Lipinski definition) is 2. The average Bonchev–Trinajstić information content (AvgIpc) is 2.01. The Balaban J connectivity index is 3.13. The summed E-state index contributed by atoms with van der Waals surface area (Å²) in [4.78, 5) is 10.1. The maximum Gasteiger partial charge on any atom is 0.126 e. The van der Waals surface area contributed by atoms with Crippen LogP contribution in [0.3, 0.4) is 0 Å². The summed E-state index contributed by atoms with van der Waals surface area (Å²) in [5, 5.41) is 9.22. The lowest BCUT2D eigenvalue weighted by Crippen LogP contribution is -1.90. The summed E-state index contributed by atoms with van der Waals surface area (Å²) in [6.07, 6.45) is 0.673. The van der Waals surface area contributed by atoms with E-state index in [1.165, 1.54) is 12.1 Å². The molecule has 0 amide bonds. The Morgan fingerprint density at radius 3 is 2.83 bits per heavy atom. The predicted molar refractivity (Wildman–Crippen MR) is 42.6 cm³/mol. The third kappa shape index (κ3) is 1.61. The first kappa shape index (κ1) is 8.71. The van der Waals surface area contributed by atoms with Gasteiger partial charge >= 0.3 is 0 Å². The zero-order valence-corrected chi connectivity index (χ0v) is 6.67. The number of aromatic hydroxyl groups is 1. The van der Waals surface area contributed by atoms with Crippen molar-refractivity contribution < 1.29 is 14.3 Å². The number of carbonyl (C=O) groups is 1. The maximum absolute atomic E-state index is 12.9. The minimum Gasteiger partial charge on any atom is -0.508 e. The van der Waals surface area contributed by atoms with Crippen molar-refractivity contribution in [3.63, 3.8) is 0 Å². The van der Waals surface area contributed by atoms with E-state index in [1.54, 1.807) is 6.92 Å². The van der Waals surface area contributed by atoms with Crippen LogP contribution in [0.25, 0.3) is 0 Å². The smallest absolute Gasteiger partial charge is 0.126 e. The molecule has 0 radical (unpaired) electrons. The zero-order chi connectivity index (χ0) is 9.14. The molecule has 0 bridgehead atoms. The molecule has 0 atom stereocenters. The molecule has 0 saturated carbocycles. The first-order valence-corrected chi connectivity index (χ1v) is 3.56. The fourth-order valence-corrected chi connectivity index (χ4v) is 0.961. The Morgan fingerprint density at radius 1 is 1.58 bits per heavy atom. The molecule has 12 heavy (non-hydrogen) atoms. The molecule has 0 aliphatic rings. The molecule has 0 aromatic heterocycles. The van der Waals surface area contributed by atoms with Gasteiger partial charge in [-0.15, -0.1) is 0 Å². The van der Waals surface area contributed by atoms with E-state index >= 15 is 0 Å². The number of hydrogen-bond donors (Lipinski definition) is 1. The van der Waals surface area contributed by atoms with Crippen LogP contribution in [0, 0.1) is 12.7 Å². The first-order chi connectivity index (χ1) is 5.65. The van der Waals surface area contributed by atoms with E-state index in [4.69, 9.17) is 0 Å². The highest BCUT2D eigenvalue weighted by molar-refractivity contribution is 5.57. The van der Waals surface area contributed by atoms with Crippen molar-refractivity contribution >= 4 is 6.29 Å². The molecule has 0 saturated heterocycles. The van der Waals surface area contributed by atoms with E-state index in [1.807, 2.05) is 0 Å². The van der Waals surface area contributed by atoms with E-state index in [-0.39, 0.29) is 12.2 Å². The van der Waals surface area contributed by atoms with Gasteiger partial charge in [-0.25, -0.2) is 4.39 Å². The van der Waals surface area contributed by atoms with Gasteiger partial charge in [0.05, 0.1) is 0 Å². The van der Waals surface area contributed by atoms with Gasteiger partial charge in [0.25, 0.3) is 0 Å². The van der Waals surface area contributed by atoms with Gasteiger partial charge in [0.15, 0.2) is 0 Å². The van der Waals surface area contributed by atoms with Crippen LogP contribution in [0.15, 0.2) is 12.1 Å². The van der Waals surface area contributed by atoms with Gasteiger partial charge < -0.3 is 9.90 Å². The molecule has 1 aromatic carbocycles. The van der Waals surface area contributed by atoms with Crippen LogP contribution in [0.1, 0.15) is 11.1 Å². The SMILES string of the molecule is Cc1cc(O)c(CC=O)cc1F. The van der Waals surface area contributed by atoms with Crippen molar-refractivity contribution in [2.75, 3.05) is 0 Å². The Labute approximate surface area is 69.6 Å². The van der Waals surface area contributed by atoms with Gasteiger partial charge in [-0.3, -0.25) is 0 Å². The summed E-state index contributed by atoms with van der Waals surface area (Å²) in [6.45, 7) is 1.56. The van der Waals surface area contributed by atoms with Crippen molar-refractivity contribution in [1.29, 1.82) is 0 Å². The summed E-state index contributed by atoms with van der Waals surface area (Å²) < 4.78 is 12.9. The lowest BCUT2D eigenvalue weighted by atomic mass is 10.1. The minimum atomic E-state index is -0.398. The first-order valence-electron chi connectivity index (χ1n) is 3.56. The molecule has 2 nitrogen and oxygen atoms in total. The Bertz CT molecular complexity index is 308. The van der Waals surface area contributed by atoms with Gasteiger partial charge in [-0.05, 0) is 24.6 Å². The molecular weight excluding hydrogens is 159 g/mol. The normalized spacial score (nSPS) is 9.83. The van der Waals surface area contributed by atoms with Crippen LogP contribution < -0.4 is 0 Å². The van der Waals surface area contributed by atoms with Crippen LogP contribution in [-0.4, -0.2) is 11.4 Å². The number of phenols is 1. The fraction of sp³-hybridized carbons (Fsp3) is 0.222. The fourth-order valence-electron chi connectivity index (χ4n) is 0.961. The number of phenolic OH excluding ortho intramolecular Hbond substituents is 1. The van der Waals surface area contributed by atoms with Crippen molar-refractivity contribution in [2.45, 2.75) is 13.3 Å². The highest BCUT2D eigenvalue weighted by atomic mass is 19.1. The molecule has 0 spiro atoms. The van der Waals surface area contributed by atoms with Crippen LogP contribution in [0.5, 0.6) is 5.75 Å². The molecule has 3 heteroatoms. The molecule has 0 aliphatic heterocycles. The number of halogens is 1. The maximum atomic E-state index is 12.9. The quantitative estimate of drug-likeness (QED) is 0.681. The van der Waals surface area contributed by atoms with E-state index < -0.39 is 5.82 Å². The summed E-state index contributed by atoms with van der Waals surface area (Å²) in [5.74, 6) is -0.425. The van der Waals surface area contributed by atoms with Crippen LogP contribution in [0.2, 0.25) is 0 Å². The molecule has 1 N–H and O–H groups in total. The summed E-state index contributed by atoms with van der Waals surface area (Å²) >= 11 is 0. The highest BCUT2D eigenvalue weighted by Crippen LogP contribution is 2.20. The lowest BCUT2D eigenvalue weighted by molar-refractivity contribution is -0.107. The van der Waals surface area contributed by atoms with Crippen LogP contribution in [-0.2, 0) is 11.2 Å². The minimum absolute atomic E-state index is 0.0269. The van der Waals surface area contributed by atoms with Crippen molar-refractivity contribution in [3.05, 3.63) is 29.1 Å².